The fourth-order valence-electron chi connectivity index (χ4n) is 2.39. The van der Waals surface area contributed by atoms with Gasteiger partial charge < -0.3 is 4.57 Å². The second kappa shape index (κ2) is 5.41. The van der Waals surface area contributed by atoms with Gasteiger partial charge >= 0.3 is 0 Å². The van der Waals surface area contributed by atoms with Gasteiger partial charge in [-0.3, -0.25) is 9.69 Å². The summed E-state index contributed by atoms with van der Waals surface area (Å²) in [5, 5.41) is 0. The molecule has 0 saturated carbocycles. The molecular weight excluding hydrogens is 250 g/mol. The minimum atomic E-state index is -2.53. The van der Waals surface area contributed by atoms with Gasteiger partial charge in [-0.05, 0) is 25.8 Å². The monoisotopic (exact) mass is 270 g/mol. The highest BCUT2D eigenvalue weighted by Gasteiger charge is 2.37. The van der Waals surface area contributed by atoms with Crippen molar-refractivity contribution in [3.8, 4) is 0 Å². The topological polar surface area (TPSA) is 25.2 Å². The first-order valence-corrected chi connectivity index (χ1v) is 6.69. The van der Waals surface area contributed by atoms with E-state index in [-0.39, 0.29) is 24.6 Å². The summed E-state index contributed by atoms with van der Waals surface area (Å²) < 4.78 is 27.8. The Morgan fingerprint density at radius 2 is 2.11 bits per heavy atom. The number of hydrogen-bond donors (Lipinski definition) is 0. The second-order valence-electron chi connectivity index (χ2n) is 5.51. The second-order valence-corrected chi connectivity index (χ2v) is 5.51. The van der Waals surface area contributed by atoms with E-state index in [0.717, 1.165) is 5.56 Å². The third-order valence-electron chi connectivity index (χ3n) is 3.52. The average Bonchev–Trinajstić information content (AvgIpc) is 2.67. The van der Waals surface area contributed by atoms with Gasteiger partial charge in [-0.15, -0.1) is 0 Å². The van der Waals surface area contributed by atoms with Crippen molar-refractivity contribution in [2.45, 2.75) is 38.7 Å². The normalized spacial score (nSPS) is 19.2. The van der Waals surface area contributed by atoms with Crippen LogP contribution in [-0.2, 0) is 6.42 Å². The molecule has 2 rings (SSSR count). The third kappa shape index (κ3) is 3.62. The molecule has 0 unspecified atom stereocenters. The SMILES string of the molecule is CC(C)n1cc(CCN2CCC(F)(F)C2)ccc1=O. The molecule has 19 heavy (non-hydrogen) atoms. The van der Waals surface area contributed by atoms with Crippen molar-refractivity contribution < 1.29 is 8.78 Å². The smallest absolute Gasteiger partial charge is 0.261 e. The average molecular weight is 270 g/mol. The molecule has 5 heteroatoms. The summed E-state index contributed by atoms with van der Waals surface area (Å²) in [4.78, 5) is 13.4. The Kier molecular flexibility index (Phi) is 4.04. The Balaban J connectivity index is 1.97. The molecule has 0 aromatic carbocycles. The van der Waals surface area contributed by atoms with Gasteiger partial charge in [0.25, 0.3) is 11.5 Å². The number of alkyl halides is 2. The van der Waals surface area contributed by atoms with Crippen LogP contribution in [0.1, 0.15) is 31.9 Å². The van der Waals surface area contributed by atoms with Crippen LogP contribution in [0.15, 0.2) is 23.1 Å². The Morgan fingerprint density at radius 1 is 1.37 bits per heavy atom. The lowest BCUT2D eigenvalue weighted by Crippen LogP contribution is -2.27. The molecule has 0 bridgehead atoms. The molecule has 0 N–H and O–H groups in total. The number of rotatable bonds is 4. The fourth-order valence-corrected chi connectivity index (χ4v) is 2.39. The number of nitrogens with zero attached hydrogens (tertiary/aromatic N) is 2. The Morgan fingerprint density at radius 3 is 2.68 bits per heavy atom. The van der Waals surface area contributed by atoms with Crippen LogP contribution in [0.4, 0.5) is 8.78 Å². The number of pyridine rings is 1. The van der Waals surface area contributed by atoms with E-state index in [1.807, 2.05) is 20.0 Å². The van der Waals surface area contributed by atoms with Crippen molar-refractivity contribution in [1.29, 1.82) is 0 Å². The van der Waals surface area contributed by atoms with Gasteiger partial charge in [0.2, 0.25) is 0 Å². The molecule has 0 aliphatic carbocycles. The van der Waals surface area contributed by atoms with E-state index in [1.165, 1.54) is 0 Å². The fraction of sp³-hybridized carbons (Fsp3) is 0.643. The zero-order valence-corrected chi connectivity index (χ0v) is 11.4. The zero-order valence-electron chi connectivity index (χ0n) is 11.4. The molecule has 3 nitrogen and oxygen atoms in total. The van der Waals surface area contributed by atoms with E-state index >= 15 is 0 Å². The van der Waals surface area contributed by atoms with Crippen molar-refractivity contribution in [2.24, 2.45) is 0 Å². The molecule has 0 spiro atoms. The Bertz CT molecular complexity index is 496. The number of hydrogen-bond acceptors (Lipinski definition) is 2. The van der Waals surface area contributed by atoms with Crippen LogP contribution >= 0.6 is 0 Å². The van der Waals surface area contributed by atoms with Gasteiger partial charge in [0, 0.05) is 37.8 Å². The maximum Gasteiger partial charge on any atom is 0.261 e. The molecule has 1 fully saturated rings. The van der Waals surface area contributed by atoms with E-state index < -0.39 is 5.92 Å². The lowest BCUT2D eigenvalue weighted by Gasteiger charge is -2.16. The minimum absolute atomic E-state index is 0.0218. The van der Waals surface area contributed by atoms with Crippen LogP contribution in [0.3, 0.4) is 0 Å². The van der Waals surface area contributed by atoms with E-state index in [9.17, 15) is 13.6 Å². The molecule has 1 aliphatic heterocycles. The van der Waals surface area contributed by atoms with Crippen molar-refractivity contribution in [3.05, 3.63) is 34.2 Å². The number of halogens is 2. The largest absolute Gasteiger partial charge is 0.313 e. The summed E-state index contributed by atoms with van der Waals surface area (Å²) in [6.07, 6.45) is 2.49. The summed E-state index contributed by atoms with van der Waals surface area (Å²) >= 11 is 0. The van der Waals surface area contributed by atoms with E-state index in [0.29, 0.717) is 19.5 Å². The van der Waals surface area contributed by atoms with Crippen molar-refractivity contribution in [2.75, 3.05) is 19.6 Å². The van der Waals surface area contributed by atoms with Gasteiger partial charge in [-0.2, -0.15) is 0 Å². The summed E-state index contributed by atoms with van der Waals surface area (Å²) in [5.74, 6) is -2.53. The highest BCUT2D eigenvalue weighted by atomic mass is 19.3. The van der Waals surface area contributed by atoms with Crippen LogP contribution in [0.2, 0.25) is 0 Å². The highest BCUT2D eigenvalue weighted by Crippen LogP contribution is 2.26. The number of aromatic nitrogens is 1. The maximum atomic E-state index is 13.1. The third-order valence-corrected chi connectivity index (χ3v) is 3.52. The Labute approximate surface area is 111 Å². The zero-order chi connectivity index (χ0) is 14.0. The molecule has 0 atom stereocenters. The van der Waals surface area contributed by atoms with Crippen molar-refractivity contribution in [3.63, 3.8) is 0 Å². The summed E-state index contributed by atoms with van der Waals surface area (Å²) in [6, 6.07) is 3.45. The summed E-state index contributed by atoms with van der Waals surface area (Å²) in [7, 11) is 0. The van der Waals surface area contributed by atoms with Crippen LogP contribution < -0.4 is 5.56 Å². The number of likely N-dealkylation sites (tertiary alicyclic amines) is 1. The highest BCUT2D eigenvalue weighted by molar-refractivity contribution is 5.11. The molecule has 106 valence electrons. The molecule has 0 amide bonds. The molecule has 2 heterocycles. The Hall–Kier alpha value is -1.23. The molecule has 1 saturated heterocycles. The first kappa shape index (κ1) is 14.2. The van der Waals surface area contributed by atoms with Crippen LogP contribution in [0, 0.1) is 0 Å². The quantitative estimate of drug-likeness (QED) is 0.839. The minimum Gasteiger partial charge on any atom is -0.313 e. The first-order chi connectivity index (χ1) is 8.87. The van der Waals surface area contributed by atoms with Gasteiger partial charge in [0.1, 0.15) is 0 Å². The van der Waals surface area contributed by atoms with Gasteiger partial charge in [0.15, 0.2) is 0 Å². The van der Waals surface area contributed by atoms with Crippen LogP contribution in [-0.4, -0.2) is 35.0 Å². The van der Waals surface area contributed by atoms with Crippen LogP contribution in [0.25, 0.3) is 0 Å². The van der Waals surface area contributed by atoms with Crippen molar-refractivity contribution in [1.82, 2.24) is 9.47 Å². The predicted molar refractivity (Wildman–Crippen MR) is 70.8 cm³/mol. The van der Waals surface area contributed by atoms with Crippen LogP contribution in [0.5, 0.6) is 0 Å². The lowest BCUT2D eigenvalue weighted by atomic mass is 10.2. The molecule has 1 aromatic rings. The van der Waals surface area contributed by atoms with E-state index in [2.05, 4.69) is 0 Å². The summed E-state index contributed by atoms with van der Waals surface area (Å²) in [6.45, 7) is 4.83. The van der Waals surface area contributed by atoms with Gasteiger partial charge in [-0.1, -0.05) is 6.07 Å². The molecular formula is C14H20F2N2O. The van der Waals surface area contributed by atoms with E-state index in [1.54, 1.807) is 21.6 Å². The maximum absolute atomic E-state index is 13.1. The van der Waals surface area contributed by atoms with Crippen molar-refractivity contribution >= 4 is 0 Å². The first-order valence-electron chi connectivity index (χ1n) is 6.69. The lowest BCUT2D eigenvalue weighted by molar-refractivity contribution is 0.0123. The van der Waals surface area contributed by atoms with E-state index in [4.69, 9.17) is 0 Å². The van der Waals surface area contributed by atoms with Gasteiger partial charge in [-0.25, -0.2) is 8.78 Å². The molecule has 1 aromatic heterocycles. The molecule has 0 radical (unpaired) electrons. The van der Waals surface area contributed by atoms with Gasteiger partial charge in [0.05, 0.1) is 6.54 Å². The summed E-state index contributed by atoms with van der Waals surface area (Å²) in [5.41, 5.74) is 0.995. The molecule has 1 aliphatic rings. The predicted octanol–water partition coefficient (Wildman–Crippen LogP) is 2.31. The standard InChI is InChI=1S/C14H20F2N2O/c1-11(2)18-9-12(3-4-13(18)19)5-7-17-8-6-14(15,16)10-17/h3-4,9,11H,5-8,10H2,1-2H3.